The summed E-state index contributed by atoms with van der Waals surface area (Å²) in [5.74, 6) is 1.37. The molecule has 8 heteroatoms. The van der Waals surface area contributed by atoms with Gasteiger partial charge in [0, 0.05) is 24.5 Å². The Labute approximate surface area is 168 Å². The van der Waals surface area contributed by atoms with E-state index in [9.17, 15) is 0 Å². The predicted octanol–water partition coefficient (Wildman–Crippen LogP) is 3.58. The number of ether oxygens (including phenoxy) is 1. The van der Waals surface area contributed by atoms with Crippen LogP contribution in [-0.4, -0.2) is 37.2 Å². The number of aromatic nitrogens is 6. The maximum atomic E-state index is 6.41. The number of fused-ring (bicyclic) bond motifs is 1. The van der Waals surface area contributed by atoms with Crippen LogP contribution in [0.3, 0.4) is 0 Å². The average molecular weight is 389 g/mol. The van der Waals surface area contributed by atoms with Crippen LogP contribution in [0.4, 0.5) is 5.82 Å². The number of nitrogens with two attached hydrogens (primary N) is 1. The second-order valence-electron chi connectivity index (χ2n) is 7.93. The third-order valence-electron chi connectivity index (χ3n) is 4.88. The predicted molar refractivity (Wildman–Crippen MR) is 111 cm³/mol. The third-order valence-corrected chi connectivity index (χ3v) is 4.88. The second kappa shape index (κ2) is 7.12. The van der Waals surface area contributed by atoms with Crippen molar-refractivity contribution in [2.45, 2.75) is 26.7 Å². The highest BCUT2D eigenvalue weighted by Gasteiger charge is 2.33. The highest BCUT2D eigenvalue weighted by atomic mass is 16.5. The van der Waals surface area contributed by atoms with Crippen LogP contribution in [0.25, 0.3) is 22.4 Å². The highest BCUT2D eigenvalue weighted by Crippen LogP contribution is 2.43. The van der Waals surface area contributed by atoms with E-state index in [2.05, 4.69) is 57.0 Å². The van der Waals surface area contributed by atoms with Crippen LogP contribution >= 0.6 is 0 Å². The lowest BCUT2D eigenvalue weighted by Crippen LogP contribution is -2.20. The van der Waals surface area contributed by atoms with Crippen molar-refractivity contribution in [3.8, 4) is 17.1 Å². The van der Waals surface area contributed by atoms with Crippen molar-refractivity contribution in [3.63, 3.8) is 0 Å². The molecule has 1 unspecified atom stereocenters. The summed E-state index contributed by atoms with van der Waals surface area (Å²) in [6, 6.07) is 5.78. The van der Waals surface area contributed by atoms with Gasteiger partial charge in [-0.25, -0.2) is 9.97 Å². The van der Waals surface area contributed by atoms with E-state index in [1.54, 1.807) is 31.8 Å². The van der Waals surface area contributed by atoms with Crippen LogP contribution in [0.1, 0.15) is 37.9 Å². The minimum Gasteiger partial charge on any atom is -0.494 e. The first-order valence-corrected chi connectivity index (χ1v) is 9.30. The number of hydrogen-bond acceptors (Lipinski definition) is 7. The number of pyridine rings is 2. The summed E-state index contributed by atoms with van der Waals surface area (Å²) >= 11 is 0. The van der Waals surface area contributed by atoms with E-state index in [0.29, 0.717) is 28.6 Å². The molecule has 4 rings (SSSR count). The molecule has 29 heavy (non-hydrogen) atoms. The summed E-state index contributed by atoms with van der Waals surface area (Å²) in [6.45, 7) is 6.50. The molecule has 148 valence electrons. The van der Waals surface area contributed by atoms with Crippen molar-refractivity contribution < 1.29 is 4.74 Å². The first-order chi connectivity index (χ1) is 13.9. The molecule has 0 aliphatic rings. The molecule has 3 N–H and O–H groups in total. The molecule has 0 amide bonds. The molecule has 1 atom stereocenters. The van der Waals surface area contributed by atoms with E-state index in [0.717, 1.165) is 16.6 Å². The van der Waals surface area contributed by atoms with Gasteiger partial charge in [-0.1, -0.05) is 26.8 Å². The van der Waals surface area contributed by atoms with E-state index in [-0.39, 0.29) is 11.3 Å². The lowest BCUT2D eigenvalue weighted by atomic mass is 9.74. The Balaban J connectivity index is 1.90. The summed E-state index contributed by atoms with van der Waals surface area (Å²) in [7, 11) is 1.58. The van der Waals surface area contributed by atoms with Crippen LogP contribution in [0.2, 0.25) is 0 Å². The van der Waals surface area contributed by atoms with Gasteiger partial charge in [0.1, 0.15) is 11.6 Å². The number of H-pyrrole nitrogens is 1. The fourth-order valence-electron chi connectivity index (χ4n) is 3.65. The Morgan fingerprint density at radius 2 is 1.86 bits per heavy atom. The van der Waals surface area contributed by atoms with Crippen molar-refractivity contribution in [1.29, 1.82) is 0 Å². The van der Waals surface area contributed by atoms with Gasteiger partial charge in [-0.15, -0.1) is 0 Å². The van der Waals surface area contributed by atoms with Crippen LogP contribution in [0.5, 0.6) is 5.75 Å². The van der Waals surface area contributed by atoms with Gasteiger partial charge in [0.2, 0.25) is 0 Å². The number of anilines is 1. The largest absolute Gasteiger partial charge is 0.494 e. The third kappa shape index (κ3) is 3.37. The SMILES string of the molecule is COc1cnccc1-c1nc(N)c2c(C(c3cccnc3)C(C)(C)C)n[nH]c2n1. The van der Waals surface area contributed by atoms with Crippen LogP contribution in [-0.2, 0) is 0 Å². The first-order valence-electron chi connectivity index (χ1n) is 9.30. The van der Waals surface area contributed by atoms with Gasteiger partial charge in [0.15, 0.2) is 11.5 Å². The molecular weight excluding hydrogens is 366 g/mol. The number of nitrogens with zero attached hydrogens (tertiary/aromatic N) is 5. The van der Waals surface area contributed by atoms with E-state index >= 15 is 0 Å². The topological polar surface area (TPSA) is 115 Å². The van der Waals surface area contributed by atoms with Crippen LogP contribution in [0.15, 0.2) is 43.0 Å². The van der Waals surface area contributed by atoms with Gasteiger partial charge < -0.3 is 10.5 Å². The molecule has 4 heterocycles. The van der Waals surface area contributed by atoms with E-state index in [4.69, 9.17) is 10.5 Å². The summed E-state index contributed by atoms with van der Waals surface area (Å²) in [6.07, 6.45) is 6.91. The van der Waals surface area contributed by atoms with Crippen molar-refractivity contribution in [2.75, 3.05) is 12.8 Å². The maximum absolute atomic E-state index is 6.41. The number of rotatable bonds is 4. The average Bonchev–Trinajstić information content (AvgIpc) is 3.12. The Bertz CT molecular complexity index is 1150. The van der Waals surface area contributed by atoms with Gasteiger partial charge >= 0.3 is 0 Å². The molecule has 0 saturated carbocycles. The normalized spacial score (nSPS) is 12.8. The van der Waals surface area contributed by atoms with Crippen molar-refractivity contribution >= 4 is 16.9 Å². The molecule has 0 fully saturated rings. The number of methoxy groups -OCH3 is 1. The van der Waals surface area contributed by atoms with E-state index in [1.807, 2.05) is 12.3 Å². The monoisotopic (exact) mass is 389 g/mol. The van der Waals surface area contributed by atoms with E-state index in [1.165, 1.54) is 0 Å². The van der Waals surface area contributed by atoms with Crippen molar-refractivity contribution in [1.82, 2.24) is 30.1 Å². The van der Waals surface area contributed by atoms with Gasteiger partial charge in [0.25, 0.3) is 0 Å². The van der Waals surface area contributed by atoms with E-state index < -0.39 is 0 Å². The molecule has 0 saturated heterocycles. The van der Waals surface area contributed by atoms with Crippen molar-refractivity contribution in [3.05, 3.63) is 54.2 Å². The number of nitrogens with one attached hydrogen (secondary N) is 1. The number of nitrogen functional groups attached to an aromatic ring is 1. The Morgan fingerprint density at radius 3 is 2.55 bits per heavy atom. The summed E-state index contributed by atoms with van der Waals surface area (Å²) in [4.78, 5) is 17.6. The Kier molecular flexibility index (Phi) is 4.62. The quantitative estimate of drug-likeness (QED) is 0.548. The molecule has 4 aromatic heterocycles. The highest BCUT2D eigenvalue weighted by molar-refractivity contribution is 5.90. The second-order valence-corrected chi connectivity index (χ2v) is 7.93. The fourth-order valence-corrected chi connectivity index (χ4v) is 3.65. The Hall–Kier alpha value is -3.55. The lowest BCUT2D eigenvalue weighted by molar-refractivity contribution is 0.354. The van der Waals surface area contributed by atoms with Gasteiger partial charge in [-0.3, -0.25) is 15.1 Å². The Morgan fingerprint density at radius 1 is 1.07 bits per heavy atom. The molecule has 0 aromatic carbocycles. The molecule has 4 aromatic rings. The summed E-state index contributed by atoms with van der Waals surface area (Å²) in [5.41, 5.74) is 9.46. The fraction of sp³-hybridized carbons (Fsp3) is 0.286. The summed E-state index contributed by atoms with van der Waals surface area (Å²) in [5, 5.41) is 8.37. The van der Waals surface area contributed by atoms with Crippen LogP contribution in [0, 0.1) is 5.41 Å². The number of hydrogen-bond donors (Lipinski definition) is 2. The minimum atomic E-state index is -0.120. The zero-order chi connectivity index (χ0) is 20.6. The zero-order valence-corrected chi connectivity index (χ0v) is 16.8. The maximum Gasteiger partial charge on any atom is 0.167 e. The van der Waals surface area contributed by atoms with Gasteiger partial charge in [-0.2, -0.15) is 5.10 Å². The molecule has 0 radical (unpaired) electrons. The molecule has 0 spiro atoms. The molecule has 0 bridgehead atoms. The molecule has 0 aliphatic heterocycles. The number of aromatic amines is 1. The zero-order valence-electron chi connectivity index (χ0n) is 16.8. The molecule has 8 nitrogen and oxygen atoms in total. The first kappa shape index (κ1) is 18.8. The van der Waals surface area contributed by atoms with Crippen molar-refractivity contribution in [2.24, 2.45) is 5.41 Å². The summed E-state index contributed by atoms with van der Waals surface area (Å²) < 4.78 is 5.38. The smallest absolute Gasteiger partial charge is 0.167 e. The van der Waals surface area contributed by atoms with Gasteiger partial charge in [-0.05, 0) is 23.1 Å². The standard InChI is InChI=1S/C21H23N7O/c1-21(2,3)16(12-6-5-8-23-10-12)17-15-18(22)25-19(26-20(15)28-27-17)13-7-9-24-11-14(13)29-4/h5-11,16H,1-4H3,(H3,22,25,26,27,28). The molecule has 0 aliphatic carbocycles. The minimum absolute atomic E-state index is 0.0304. The molecular formula is C21H23N7O. The lowest BCUT2D eigenvalue weighted by Gasteiger charge is -2.29. The van der Waals surface area contributed by atoms with Gasteiger partial charge in [0.05, 0.1) is 30.0 Å². The van der Waals surface area contributed by atoms with Crippen LogP contribution < -0.4 is 10.5 Å².